The number of nitrogens with one attached hydrogen (secondary N) is 1. The van der Waals surface area contributed by atoms with Gasteiger partial charge in [-0.1, -0.05) is 12.1 Å². The van der Waals surface area contributed by atoms with Crippen LogP contribution in [0.4, 0.5) is 23.2 Å². The van der Waals surface area contributed by atoms with Gasteiger partial charge in [0.05, 0.1) is 18.5 Å². The lowest BCUT2D eigenvalue weighted by Gasteiger charge is -2.17. The van der Waals surface area contributed by atoms with Gasteiger partial charge < -0.3 is 14.8 Å². The predicted octanol–water partition coefficient (Wildman–Crippen LogP) is 3.11. The molecule has 1 heterocycles. The van der Waals surface area contributed by atoms with Gasteiger partial charge in [0.1, 0.15) is 11.5 Å². The molecule has 2 aromatic carbocycles. The zero-order valence-corrected chi connectivity index (χ0v) is 18.1. The van der Waals surface area contributed by atoms with Crippen LogP contribution in [0, 0.1) is 5.82 Å². The molecule has 0 radical (unpaired) electrons. The number of methoxy groups -OCH3 is 1. The van der Waals surface area contributed by atoms with E-state index < -0.39 is 46.6 Å². The normalized spacial score (nSPS) is 12.2. The van der Waals surface area contributed by atoms with E-state index in [4.69, 9.17) is 9.47 Å². The molecule has 0 aliphatic rings. The van der Waals surface area contributed by atoms with Gasteiger partial charge in [-0.2, -0.15) is 13.2 Å². The second kappa shape index (κ2) is 9.41. The van der Waals surface area contributed by atoms with E-state index in [1.165, 1.54) is 14.0 Å². The molecule has 8 nitrogen and oxygen atoms in total. The van der Waals surface area contributed by atoms with E-state index in [2.05, 4.69) is 5.32 Å². The zero-order valence-electron chi connectivity index (χ0n) is 18.1. The average Bonchev–Trinajstić information content (AvgIpc) is 2.77. The molecule has 1 atom stereocenters. The first-order chi connectivity index (χ1) is 15.9. The summed E-state index contributed by atoms with van der Waals surface area (Å²) in [6.45, 7) is 1.40. The Hall–Kier alpha value is -4.09. The maximum atomic E-state index is 14.4. The monoisotopic (exact) mass is 481 g/mol. The molecular weight excluding hydrogens is 462 g/mol. The number of ether oxygens (including phenoxy) is 2. The van der Waals surface area contributed by atoms with Crippen molar-refractivity contribution in [1.29, 1.82) is 0 Å². The third-order valence-electron chi connectivity index (χ3n) is 4.82. The Bertz CT molecular complexity index is 1350. The highest BCUT2D eigenvalue weighted by Gasteiger charge is 2.35. The summed E-state index contributed by atoms with van der Waals surface area (Å²) in [5, 5.41) is 2.28. The van der Waals surface area contributed by atoms with Gasteiger partial charge in [-0.05, 0) is 37.3 Å². The van der Waals surface area contributed by atoms with E-state index in [1.54, 1.807) is 24.3 Å². The van der Waals surface area contributed by atoms with Crippen molar-refractivity contribution in [3.05, 3.63) is 80.9 Å². The van der Waals surface area contributed by atoms with Crippen LogP contribution in [0.2, 0.25) is 0 Å². The summed E-state index contributed by atoms with van der Waals surface area (Å²) in [5.41, 5.74) is -4.65. The molecule has 34 heavy (non-hydrogen) atoms. The molecule has 0 spiro atoms. The summed E-state index contributed by atoms with van der Waals surface area (Å²) in [6.07, 6.45) is -6.04. The summed E-state index contributed by atoms with van der Waals surface area (Å²) in [6, 6.07) is 9.64. The Labute approximate surface area is 190 Å². The number of benzene rings is 2. The summed E-state index contributed by atoms with van der Waals surface area (Å²) in [5.74, 6) is -1.04. The molecule has 0 saturated heterocycles. The Morgan fingerprint density at radius 3 is 2.32 bits per heavy atom. The van der Waals surface area contributed by atoms with Crippen molar-refractivity contribution in [2.45, 2.75) is 19.2 Å². The number of anilines is 1. The number of hydrogen-bond acceptors (Lipinski definition) is 5. The lowest BCUT2D eigenvalue weighted by Crippen LogP contribution is -2.40. The Kier molecular flexibility index (Phi) is 6.80. The molecule has 1 N–H and O–H groups in total. The Balaban J connectivity index is 1.92. The van der Waals surface area contributed by atoms with Crippen molar-refractivity contribution in [1.82, 2.24) is 9.13 Å². The molecule has 12 heteroatoms. The largest absolute Gasteiger partial charge is 0.493 e. The van der Waals surface area contributed by atoms with Gasteiger partial charge in [-0.3, -0.25) is 14.2 Å². The Morgan fingerprint density at radius 2 is 1.71 bits per heavy atom. The van der Waals surface area contributed by atoms with Crippen LogP contribution in [0.15, 0.2) is 58.1 Å². The molecule has 3 rings (SSSR count). The SMILES string of the molecule is COc1ccccc1OC(C)C(=O)Nc1cc(-n2c(=O)cc(C(F)(F)F)n(C)c2=O)ccc1F. The highest BCUT2D eigenvalue weighted by molar-refractivity contribution is 5.94. The minimum atomic E-state index is -4.92. The van der Waals surface area contributed by atoms with Crippen LogP contribution in [0.3, 0.4) is 0 Å². The van der Waals surface area contributed by atoms with Crippen molar-refractivity contribution >= 4 is 11.6 Å². The van der Waals surface area contributed by atoms with Gasteiger partial charge in [0.25, 0.3) is 11.5 Å². The average molecular weight is 481 g/mol. The van der Waals surface area contributed by atoms with E-state index in [0.29, 0.717) is 10.3 Å². The van der Waals surface area contributed by atoms with Crippen molar-refractivity contribution < 1.29 is 31.8 Å². The number of halogens is 4. The molecule has 0 fully saturated rings. The summed E-state index contributed by atoms with van der Waals surface area (Å²) in [7, 11) is 2.27. The molecule has 1 amide bonds. The van der Waals surface area contributed by atoms with Gasteiger partial charge in [0.15, 0.2) is 17.6 Å². The fraction of sp³-hybridized carbons (Fsp3) is 0.227. The molecule has 0 saturated carbocycles. The van der Waals surface area contributed by atoms with Crippen LogP contribution >= 0.6 is 0 Å². The number of carbonyl (C=O) groups is 1. The molecule has 180 valence electrons. The smallest absolute Gasteiger partial charge is 0.431 e. The van der Waals surface area contributed by atoms with Crippen molar-refractivity contribution in [3.63, 3.8) is 0 Å². The maximum absolute atomic E-state index is 14.4. The summed E-state index contributed by atoms with van der Waals surface area (Å²) in [4.78, 5) is 37.3. The quantitative estimate of drug-likeness (QED) is 0.547. The van der Waals surface area contributed by atoms with Crippen LogP contribution in [0.1, 0.15) is 12.6 Å². The molecule has 0 aliphatic carbocycles. The van der Waals surface area contributed by atoms with E-state index in [1.807, 2.05) is 0 Å². The van der Waals surface area contributed by atoms with Gasteiger partial charge in [0.2, 0.25) is 0 Å². The lowest BCUT2D eigenvalue weighted by molar-refractivity contribution is -0.144. The standard InChI is InChI=1S/C22H19F4N3O5/c1-12(34-17-7-5-4-6-16(17)33-3)20(31)27-15-10-13(8-9-14(15)23)29-19(30)11-18(22(24,25)26)28(2)21(29)32/h4-12H,1-3H3,(H,27,31). The van der Waals surface area contributed by atoms with E-state index in [-0.39, 0.29) is 22.1 Å². The van der Waals surface area contributed by atoms with Gasteiger partial charge in [-0.25, -0.2) is 13.8 Å². The van der Waals surface area contributed by atoms with E-state index in [9.17, 15) is 31.9 Å². The zero-order chi connectivity index (χ0) is 25.2. The highest BCUT2D eigenvalue weighted by atomic mass is 19.4. The molecule has 0 aliphatic heterocycles. The first-order valence-electron chi connectivity index (χ1n) is 9.74. The van der Waals surface area contributed by atoms with Crippen LogP contribution in [0.5, 0.6) is 11.5 Å². The minimum Gasteiger partial charge on any atom is -0.493 e. The van der Waals surface area contributed by atoms with Gasteiger partial charge in [0, 0.05) is 13.1 Å². The van der Waals surface area contributed by atoms with Gasteiger partial charge in [-0.15, -0.1) is 0 Å². The van der Waals surface area contributed by atoms with Crippen LogP contribution in [0.25, 0.3) is 5.69 Å². The number of alkyl halides is 3. The first-order valence-corrected chi connectivity index (χ1v) is 9.74. The number of nitrogens with zero attached hydrogens (tertiary/aromatic N) is 2. The molecule has 1 aromatic heterocycles. The molecular formula is C22H19F4N3O5. The topological polar surface area (TPSA) is 91.6 Å². The van der Waals surface area contributed by atoms with Crippen molar-refractivity contribution in [3.8, 4) is 17.2 Å². The number of aromatic nitrogens is 2. The van der Waals surface area contributed by atoms with Crippen LogP contribution in [-0.2, 0) is 18.0 Å². The predicted molar refractivity (Wildman–Crippen MR) is 114 cm³/mol. The number of carbonyl (C=O) groups excluding carboxylic acids is 1. The fourth-order valence-corrected chi connectivity index (χ4v) is 3.08. The minimum absolute atomic E-state index is 0.241. The van der Waals surface area contributed by atoms with Crippen molar-refractivity contribution in [2.24, 2.45) is 7.05 Å². The third kappa shape index (κ3) is 4.95. The second-order valence-corrected chi connectivity index (χ2v) is 7.11. The number of rotatable bonds is 6. The summed E-state index contributed by atoms with van der Waals surface area (Å²) < 4.78 is 64.9. The molecule has 1 unspecified atom stereocenters. The third-order valence-corrected chi connectivity index (χ3v) is 4.82. The first kappa shape index (κ1) is 24.6. The maximum Gasteiger partial charge on any atom is 0.431 e. The number of amides is 1. The Morgan fingerprint density at radius 1 is 1.06 bits per heavy atom. The van der Waals surface area contributed by atoms with Crippen LogP contribution < -0.4 is 26.0 Å². The molecule has 3 aromatic rings. The summed E-state index contributed by atoms with van der Waals surface area (Å²) >= 11 is 0. The lowest BCUT2D eigenvalue weighted by atomic mass is 10.2. The highest BCUT2D eigenvalue weighted by Crippen LogP contribution is 2.28. The fourth-order valence-electron chi connectivity index (χ4n) is 3.08. The number of hydrogen-bond donors (Lipinski definition) is 1. The van der Waals surface area contributed by atoms with Crippen LogP contribution in [-0.4, -0.2) is 28.3 Å². The van der Waals surface area contributed by atoms with Gasteiger partial charge >= 0.3 is 11.9 Å². The second-order valence-electron chi connectivity index (χ2n) is 7.11. The van der Waals surface area contributed by atoms with E-state index in [0.717, 1.165) is 25.2 Å². The number of para-hydroxylation sites is 2. The van der Waals surface area contributed by atoms with E-state index >= 15 is 0 Å². The molecule has 0 bridgehead atoms. The van der Waals surface area contributed by atoms with Crippen molar-refractivity contribution in [2.75, 3.05) is 12.4 Å².